The number of primary amides is 1. The number of aromatic nitrogens is 4. The fraction of sp³-hybridized carbons (Fsp3) is 0.250. The molecule has 0 bridgehead atoms. The van der Waals surface area contributed by atoms with Gasteiger partial charge in [-0.3, -0.25) is 9.78 Å². The van der Waals surface area contributed by atoms with Crippen LogP contribution in [0, 0.1) is 0 Å². The quantitative estimate of drug-likeness (QED) is 0.598. The van der Waals surface area contributed by atoms with E-state index in [1.807, 2.05) is 4.90 Å². The number of nitrogens with zero attached hydrogens (tertiary/aromatic N) is 4. The van der Waals surface area contributed by atoms with Crippen LogP contribution >= 0.6 is 0 Å². The first-order valence-corrected chi connectivity index (χ1v) is 7.98. The van der Waals surface area contributed by atoms with Crippen molar-refractivity contribution in [1.82, 2.24) is 24.8 Å². The Labute approximate surface area is 142 Å². The number of hydrogen-bond donors (Lipinski definition) is 3. The number of imidazole rings is 1. The number of fused-ring (bicyclic) bond motifs is 1. The van der Waals surface area contributed by atoms with Gasteiger partial charge in [-0.05, 0) is 24.3 Å². The van der Waals surface area contributed by atoms with Crippen molar-refractivity contribution in [3.8, 4) is 5.82 Å². The van der Waals surface area contributed by atoms with E-state index >= 15 is 0 Å². The van der Waals surface area contributed by atoms with Crippen molar-refractivity contribution < 1.29 is 4.79 Å². The molecule has 1 aliphatic heterocycles. The van der Waals surface area contributed by atoms with Crippen LogP contribution in [-0.2, 0) is 0 Å². The number of carbonyl (C=O) groups excluding carboxylic acids is 1. The third-order valence-electron chi connectivity index (χ3n) is 4.23. The van der Waals surface area contributed by atoms with Crippen LogP contribution in [-0.4, -0.2) is 51.6 Å². The van der Waals surface area contributed by atoms with Gasteiger partial charge in [0, 0.05) is 32.4 Å². The van der Waals surface area contributed by atoms with Gasteiger partial charge >= 0.3 is 5.69 Å². The van der Waals surface area contributed by atoms with Gasteiger partial charge in [0.2, 0.25) is 0 Å². The first-order valence-electron chi connectivity index (χ1n) is 7.98. The van der Waals surface area contributed by atoms with Crippen molar-refractivity contribution in [2.45, 2.75) is 0 Å². The van der Waals surface area contributed by atoms with E-state index in [2.05, 4.69) is 20.3 Å². The third kappa shape index (κ3) is 2.64. The second kappa shape index (κ2) is 6.02. The Morgan fingerprint density at radius 1 is 1.20 bits per heavy atom. The summed E-state index contributed by atoms with van der Waals surface area (Å²) in [6, 6.07) is 6.77. The van der Waals surface area contributed by atoms with Gasteiger partial charge in [0.15, 0.2) is 5.65 Å². The van der Waals surface area contributed by atoms with Crippen molar-refractivity contribution in [3.05, 3.63) is 46.5 Å². The second-order valence-corrected chi connectivity index (χ2v) is 5.78. The zero-order valence-electron chi connectivity index (χ0n) is 13.4. The number of carbonyl (C=O) groups is 1. The van der Waals surface area contributed by atoms with E-state index in [-0.39, 0.29) is 5.69 Å². The smallest absolute Gasteiger partial charge is 0.333 e. The Morgan fingerprint density at radius 2 is 2.00 bits per heavy atom. The summed E-state index contributed by atoms with van der Waals surface area (Å²) in [7, 11) is 0. The molecule has 3 aromatic rings. The number of aromatic amines is 1. The van der Waals surface area contributed by atoms with Gasteiger partial charge in [0.25, 0.3) is 5.91 Å². The van der Waals surface area contributed by atoms with E-state index < -0.39 is 5.91 Å². The van der Waals surface area contributed by atoms with Gasteiger partial charge < -0.3 is 16.0 Å². The molecule has 0 radical (unpaired) electrons. The summed E-state index contributed by atoms with van der Waals surface area (Å²) in [4.78, 5) is 37.6. The number of hydrogen-bond acceptors (Lipinski definition) is 6. The zero-order chi connectivity index (χ0) is 17.4. The lowest BCUT2D eigenvalue weighted by Crippen LogP contribution is -2.44. The van der Waals surface area contributed by atoms with Gasteiger partial charge in [-0.25, -0.2) is 19.3 Å². The fourth-order valence-corrected chi connectivity index (χ4v) is 3.04. The number of H-pyrrole nitrogens is 1. The molecule has 4 N–H and O–H groups in total. The highest BCUT2D eigenvalue weighted by molar-refractivity contribution is 5.98. The Bertz CT molecular complexity index is 1000. The van der Waals surface area contributed by atoms with E-state index in [1.165, 1.54) is 4.57 Å². The van der Waals surface area contributed by atoms with Gasteiger partial charge in [-0.1, -0.05) is 0 Å². The van der Waals surface area contributed by atoms with Crippen LogP contribution in [0.5, 0.6) is 0 Å². The lowest BCUT2D eigenvalue weighted by molar-refractivity contribution is 0.100. The van der Waals surface area contributed by atoms with E-state index in [9.17, 15) is 9.59 Å². The highest BCUT2D eigenvalue weighted by atomic mass is 16.1. The molecular formula is C16H17N7O2. The highest BCUT2D eigenvalue weighted by Gasteiger charge is 2.20. The van der Waals surface area contributed by atoms with Crippen LogP contribution in [0.15, 0.2) is 35.3 Å². The van der Waals surface area contributed by atoms with Crippen LogP contribution in [0.25, 0.3) is 17.0 Å². The number of rotatable bonds is 3. The topological polar surface area (TPSA) is 122 Å². The van der Waals surface area contributed by atoms with Gasteiger partial charge in [-0.2, -0.15) is 0 Å². The molecule has 1 saturated heterocycles. The number of anilines is 1. The van der Waals surface area contributed by atoms with Crippen molar-refractivity contribution >= 4 is 22.9 Å². The summed E-state index contributed by atoms with van der Waals surface area (Å²) in [5, 5.41) is 3.25. The van der Waals surface area contributed by atoms with Crippen molar-refractivity contribution in [2.75, 3.05) is 31.1 Å². The summed E-state index contributed by atoms with van der Waals surface area (Å²) in [6.45, 7) is 3.00. The van der Waals surface area contributed by atoms with Gasteiger partial charge in [0.05, 0.1) is 11.1 Å². The third-order valence-corrected chi connectivity index (χ3v) is 4.23. The second-order valence-electron chi connectivity index (χ2n) is 5.78. The summed E-state index contributed by atoms with van der Waals surface area (Å²) >= 11 is 0. The average Bonchev–Trinajstić information content (AvgIpc) is 2.97. The van der Waals surface area contributed by atoms with E-state index in [4.69, 9.17) is 5.73 Å². The molecule has 4 heterocycles. The molecule has 9 heteroatoms. The average molecular weight is 339 g/mol. The molecule has 0 unspecified atom stereocenters. The Hall–Kier alpha value is -3.20. The molecule has 128 valence electrons. The lowest BCUT2D eigenvalue weighted by atomic mass is 10.2. The number of amides is 1. The van der Waals surface area contributed by atoms with Crippen LogP contribution in [0.4, 0.5) is 5.82 Å². The summed E-state index contributed by atoms with van der Waals surface area (Å²) in [6.07, 6.45) is 1.61. The summed E-state index contributed by atoms with van der Waals surface area (Å²) in [5.41, 5.74) is 6.62. The summed E-state index contributed by atoms with van der Waals surface area (Å²) in [5.74, 6) is 0.375. The summed E-state index contributed by atoms with van der Waals surface area (Å²) < 4.78 is 1.44. The maximum absolute atomic E-state index is 12.4. The molecule has 0 atom stereocenters. The van der Waals surface area contributed by atoms with Gasteiger partial charge in [0.1, 0.15) is 11.6 Å². The molecule has 1 fully saturated rings. The Balaban J connectivity index is 1.89. The van der Waals surface area contributed by atoms with Crippen LogP contribution < -0.4 is 21.6 Å². The van der Waals surface area contributed by atoms with E-state index in [0.717, 1.165) is 13.1 Å². The van der Waals surface area contributed by atoms with Crippen molar-refractivity contribution in [1.29, 1.82) is 0 Å². The number of pyridine rings is 2. The SMILES string of the molecule is NC(=O)c1ccc(-n2c(=O)[nH]c3ncccc32)nc1N1CCNCC1. The monoisotopic (exact) mass is 339 g/mol. The van der Waals surface area contributed by atoms with E-state index in [0.29, 0.717) is 41.5 Å². The first-order chi connectivity index (χ1) is 12.1. The number of nitrogens with one attached hydrogen (secondary N) is 2. The number of nitrogens with two attached hydrogens (primary N) is 1. The Morgan fingerprint density at radius 3 is 2.76 bits per heavy atom. The maximum atomic E-state index is 12.4. The molecule has 0 spiro atoms. The molecule has 25 heavy (non-hydrogen) atoms. The fourth-order valence-electron chi connectivity index (χ4n) is 3.04. The zero-order valence-corrected chi connectivity index (χ0v) is 13.4. The van der Waals surface area contributed by atoms with Crippen LogP contribution in [0.2, 0.25) is 0 Å². The molecule has 1 amide bonds. The van der Waals surface area contributed by atoms with Crippen molar-refractivity contribution in [3.63, 3.8) is 0 Å². The molecule has 3 aromatic heterocycles. The van der Waals surface area contributed by atoms with Crippen LogP contribution in [0.1, 0.15) is 10.4 Å². The minimum atomic E-state index is -0.541. The van der Waals surface area contributed by atoms with Crippen LogP contribution in [0.3, 0.4) is 0 Å². The molecule has 4 rings (SSSR count). The van der Waals surface area contributed by atoms with E-state index in [1.54, 1.807) is 30.5 Å². The number of piperazine rings is 1. The Kier molecular flexibility index (Phi) is 3.69. The first kappa shape index (κ1) is 15.3. The predicted molar refractivity (Wildman–Crippen MR) is 93.1 cm³/mol. The molecule has 9 nitrogen and oxygen atoms in total. The largest absolute Gasteiger partial charge is 0.365 e. The van der Waals surface area contributed by atoms with Gasteiger partial charge in [-0.15, -0.1) is 0 Å². The molecular weight excluding hydrogens is 322 g/mol. The lowest BCUT2D eigenvalue weighted by Gasteiger charge is -2.29. The minimum absolute atomic E-state index is 0.334. The molecule has 1 aliphatic rings. The minimum Gasteiger partial charge on any atom is -0.365 e. The predicted octanol–water partition coefficient (Wildman–Crippen LogP) is -0.383. The maximum Gasteiger partial charge on any atom is 0.333 e. The molecule has 0 saturated carbocycles. The van der Waals surface area contributed by atoms with Crippen molar-refractivity contribution in [2.24, 2.45) is 5.73 Å². The normalized spacial score (nSPS) is 14.8. The highest BCUT2D eigenvalue weighted by Crippen LogP contribution is 2.21. The molecule has 0 aromatic carbocycles. The standard InChI is InChI=1S/C16H17N7O2/c17-13(24)10-3-4-12(20-15(10)22-8-6-18-7-9-22)23-11-2-1-5-19-14(11)21-16(23)25/h1-5,18H,6-9H2,(H2,17,24)(H,19,21,25). The molecule has 0 aliphatic carbocycles.